The van der Waals surface area contributed by atoms with Crippen LogP contribution in [0.1, 0.15) is 39.5 Å². The second kappa shape index (κ2) is 3.75. The van der Waals surface area contributed by atoms with Crippen molar-refractivity contribution in [1.29, 1.82) is 0 Å². The van der Waals surface area contributed by atoms with E-state index in [2.05, 4.69) is 19.2 Å². The van der Waals surface area contributed by atoms with E-state index in [1.54, 1.807) is 0 Å². The minimum absolute atomic E-state index is 0.0741. The number of carboxylic acid groups (broad SMARTS) is 1. The number of amides is 1. The van der Waals surface area contributed by atoms with E-state index < -0.39 is 5.97 Å². The summed E-state index contributed by atoms with van der Waals surface area (Å²) in [6, 6.07) is 0.0741. The number of carboxylic acids is 1. The molecule has 2 fully saturated rings. The largest absolute Gasteiger partial charge is 0.481 e. The smallest absolute Gasteiger partial charge is 0.306 e. The van der Waals surface area contributed by atoms with E-state index in [0.717, 1.165) is 12.8 Å². The van der Waals surface area contributed by atoms with E-state index in [4.69, 9.17) is 5.11 Å². The highest BCUT2D eigenvalue weighted by atomic mass is 16.4. The Morgan fingerprint density at radius 2 is 1.94 bits per heavy atom. The van der Waals surface area contributed by atoms with E-state index in [9.17, 15) is 9.59 Å². The molecule has 16 heavy (non-hydrogen) atoms. The van der Waals surface area contributed by atoms with Gasteiger partial charge in [-0.1, -0.05) is 13.8 Å². The molecule has 0 unspecified atom stereocenters. The first-order chi connectivity index (χ1) is 7.40. The molecular weight excluding hydrogens is 206 g/mol. The Morgan fingerprint density at radius 1 is 1.31 bits per heavy atom. The van der Waals surface area contributed by atoms with Gasteiger partial charge in [0.2, 0.25) is 5.91 Å². The van der Waals surface area contributed by atoms with Crippen molar-refractivity contribution in [3.05, 3.63) is 0 Å². The highest BCUT2D eigenvalue weighted by molar-refractivity contribution is 5.82. The number of carbonyl (C=O) groups excluding carboxylic acids is 1. The first-order valence-corrected chi connectivity index (χ1v) is 5.93. The topological polar surface area (TPSA) is 66.4 Å². The monoisotopic (exact) mass is 225 g/mol. The molecule has 3 atom stereocenters. The van der Waals surface area contributed by atoms with Crippen molar-refractivity contribution in [1.82, 2.24) is 5.32 Å². The van der Waals surface area contributed by atoms with Crippen molar-refractivity contribution in [2.24, 2.45) is 17.3 Å². The van der Waals surface area contributed by atoms with E-state index in [1.807, 2.05) is 0 Å². The Balaban J connectivity index is 1.80. The first kappa shape index (κ1) is 11.4. The minimum atomic E-state index is -0.733. The lowest BCUT2D eigenvalue weighted by Gasteiger charge is -2.13. The number of rotatable bonds is 3. The van der Waals surface area contributed by atoms with Gasteiger partial charge < -0.3 is 10.4 Å². The predicted molar refractivity (Wildman–Crippen MR) is 58.8 cm³/mol. The second-order valence-corrected chi connectivity index (χ2v) is 5.80. The molecule has 2 aliphatic carbocycles. The lowest BCUT2D eigenvalue weighted by Crippen LogP contribution is -2.35. The Kier molecular flexibility index (Phi) is 2.68. The summed E-state index contributed by atoms with van der Waals surface area (Å²) in [5.41, 5.74) is 0.148. The molecule has 0 spiro atoms. The number of nitrogens with one attached hydrogen (secondary N) is 1. The molecule has 90 valence electrons. The van der Waals surface area contributed by atoms with E-state index >= 15 is 0 Å². The van der Waals surface area contributed by atoms with Crippen molar-refractivity contribution in [2.45, 2.75) is 45.6 Å². The van der Waals surface area contributed by atoms with Gasteiger partial charge in [-0.15, -0.1) is 0 Å². The van der Waals surface area contributed by atoms with Gasteiger partial charge in [0.15, 0.2) is 0 Å². The van der Waals surface area contributed by atoms with Crippen LogP contribution in [0.2, 0.25) is 0 Å². The Hall–Kier alpha value is -1.06. The SMILES string of the molecule is CC1(C)C[C@@H]1C(=O)N[C@H]1CC[C@@H](C(=O)O)C1. The van der Waals surface area contributed by atoms with Crippen LogP contribution in [-0.4, -0.2) is 23.0 Å². The maximum Gasteiger partial charge on any atom is 0.306 e. The summed E-state index contributed by atoms with van der Waals surface area (Å²) in [4.78, 5) is 22.6. The van der Waals surface area contributed by atoms with Gasteiger partial charge in [0.1, 0.15) is 0 Å². The van der Waals surface area contributed by atoms with Crippen LogP contribution >= 0.6 is 0 Å². The van der Waals surface area contributed by atoms with Crippen molar-refractivity contribution in [2.75, 3.05) is 0 Å². The number of aliphatic carboxylic acids is 1. The molecule has 0 bridgehead atoms. The molecule has 0 aromatic rings. The van der Waals surface area contributed by atoms with Crippen LogP contribution in [0.5, 0.6) is 0 Å². The van der Waals surface area contributed by atoms with Gasteiger partial charge >= 0.3 is 5.97 Å². The van der Waals surface area contributed by atoms with Crippen LogP contribution < -0.4 is 5.32 Å². The van der Waals surface area contributed by atoms with Crippen molar-refractivity contribution in [3.63, 3.8) is 0 Å². The highest BCUT2D eigenvalue weighted by Gasteiger charge is 2.51. The van der Waals surface area contributed by atoms with Crippen molar-refractivity contribution < 1.29 is 14.7 Å². The van der Waals surface area contributed by atoms with Gasteiger partial charge in [-0.25, -0.2) is 0 Å². The molecule has 4 nitrogen and oxygen atoms in total. The standard InChI is InChI=1S/C12H19NO3/c1-12(2)6-9(12)10(14)13-8-4-3-7(5-8)11(15)16/h7-9H,3-6H2,1-2H3,(H,13,14)(H,15,16)/t7-,8+,9-/m1/s1. The Morgan fingerprint density at radius 3 is 2.38 bits per heavy atom. The van der Waals surface area contributed by atoms with Gasteiger partial charge in [-0.2, -0.15) is 0 Å². The maximum atomic E-state index is 11.8. The fourth-order valence-corrected chi connectivity index (χ4v) is 2.55. The third-order valence-corrected chi connectivity index (χ3v) is 3.96. The van der Waals surface area contributed by atoms with E-state index in [-0.39, 0.29) is 29.2 Å². The summed E-state index contributed by atoms with van der Waals surface area (Å²) >= 11 is 0. The van der Waals surface area contributed by atoms with Gasteiger partial charge in [0.25, 0.3) is 0 Å². The Bertz CT molecular complexity index is 324. The maximum absolute atomic E-state index is 11.8. The molecular formula is C12H19NO3. The molecule has 0 saturated heterocycles. The third kappa shape index (κ3) is 2.20. The number of carbonyl (C=O) groups is 2. The Labute approximate surface area is 95.4 Å². The van der Waals surface area contributed by atoms with Crippen LogP contribution in [0.15, 0.2) is 0 Å². The second-order valence-electron chi connectivity index (χ2n) is 5.80. The average Bonchev–Trinajstić information content (AvgIpc) is 2.62. The van der Waals surface area contributed by atoms with Crippen LogP contribution in [0.25, 0.3) is 0 Å². The zero-order valence-corrected chi connectivity index (χ0v) is 9.82. The molecule has 0 aromatic carbocycles. The summed E-state index contributed by atoms with van der Waals surface area (Å²) in [5, 5.41) is 11.8. The molecule has 0 aliphatic heterocycles. The number of hydrogen-bond acceptors (Lipinski definition) is 2. The lowest BCUT2D eigenvalue weighted by molar-refractivity contribution is -0.141. The normalized spacial score (nSPS) is 35.8. The molecule has 0 radical (unpaired) electrons. The minimum Gasteiger partial charge on any atom is -0.481 e. The van der Waals surface area contributed by atoms with Crippen molar-refractivity contribution in [3.8, 4) is 0 Å². The molecule has 2 saturated carbocycles. The summed E-state index contributed by atoms with van der Waals surface area (Å²) < 4.78 is 0. The van der Waals surface area contributed by atoms with Crippen LogP contribution in [0.4, 0.5) is 0 Å². The van der Waals surface area contributed by atoms with E-state index in [0.29, 0.717) is 12.8 Å². The highest BCUT2D eigenvalue weighted by Crippen LogP contribution is 2.51. The summed E-state index contributed by atoms with van der Waals surface area (Å²) in [7, 11) is 0. The molecule has 2 rings (SSSR count). The lowest BCUT2D eigenvalue weighted by atomic mass is 10.1. The first-order valence-electron chi connectivity index (χ1n) is 5.93. The fourth-order valence-electron chi connectivity index (χ4n) is 2.55. The fraction of sp³-hybridized carbons (Fsp3) is 0.833. The van der Waals surface area contributed by atoms with Crippen LogP contribution in [0.3, 0.4) is 0 Å². The van der Waals surface area contributed by atoms with Gasteiger partial charge in [-0.3, -0.25) is 9.59 Å². The summed E-state index contributed by atoms with van der Waals surface area (Å²) in [6.07, 6.45) is 3.03. The zero-order chi connectivity index (χ0) is 11.9. The van der Waals surface area contributed by atoms with Crippen molar-refractivity contribution >= 4 is 11.9 Å². The molecule has 2 N–H and O–H groups in total. The molecule has 0 aromatic heterocycles. The summed E-state index contributed by atoms with van der Waals surface area (Å²) in [6.45, 7) is 4.18. The quantitative estimate of drug-likeness (QED) is 0.763. The zero-order valence-electron chi connectivity index (χ0n) is 9.82. The van der Waals surface area contributed by atoms with Crippen LogP contribution in [0, 0.1) is 17.3 Å². The van der Waals surface area contributed by atoms with Gasteiger partial charge in [-0.05, 0) is 31.1 Å². The van der Waals surface area contributed by atoms with Crippen LogP contribution in [-0.2, 0) is 9.59 Å². The number of hydrogen-bond donors (Lipinski definition) is 2. The molecule has 4 heteroatoms. The molecule has 1 amide bonds. The molecule has 0 heterocycles. The predicted octanol–water partition coefficient (Wildman–Crippen LogP) is 1.40. The molecule has 2 aliphatic rings. The van der Waals surface area contributed by atoms with Gasteiger partial charge in [0.05, 0.1) is 5.92 Å². The van der Waals surface area contributed by atoms with E-state index in [1.165, 1.54) is 0 Å². The third-order valence-electron chi connectivity index (χ3n) is 3.96. The van der Waals surface area contributed by atoms with Gasteiger partial charge in [0, 0.05) is 12.0 Å². The summed E-state index contributed by atoms with van der Waals surface area (Å²) in [5.74, 6) is -0.751. The average molecular weight is 225 g/mol.